The standard InChI is InChI=1S/C23H18N2O3S/c1-2-28-19-13-12-15-8-6-7-11-17(15)18(19)14-20-22(27)25-23(29-20)24-21(26)16-9-4-3-5-10-16/h3-14H,2H2,1H3,(H,24,25,26,27)/b20-14-. The van der Waals surface area contributed by atoms with E-state index in [0.29, 0.717) is 22.8 Å². The van der Waals surface area contributed by atoms with Gasteiger partial charge in [-0.1, -0.05) is 48.5 Å². The van der Waals surface area contributed by atoms with Gasteiger partial charge in [0, 0.05) is 11.1 Å². The molecule has 1 aliphatic heterocycles. The van der Waals surface area contributed by atoms with Crippen LogP contribution in [0.15, 0.2) is 76.6 Å². The molecule has 4 rings (SSSR count). The number of aliphatic imine (C=N–C) groups is 1. The van der Waals surface area contributed by atoms with Crippen LogP contribution >= 0.6 is 11.8 Å². The SMILES string of the molecule is CCOc1ccc2ccccc2c1/C=C1\SC(=NC(=O)c2ccccc2)NC1=O. The highest BCUT2D eigenvalue weighted by Crippen LogP contribution is 2.34. The number of carbonyl (C=O) groups excluding carboxylic acids is 2. The zero-order valence-corrected chi connectivity index (χ0v) is 16.5. The van der Waals surface area contributed by atoms with Crippen molar-refractivity contribution in [2.45, 2.75) is 6.92 Å². The van der Waals surface area contributed by atoms with E-state index >= 15 is 0 Å². The van der Waals surface area contributed by atoms with Crippen LogP contribution in [0.25, 0.3) is 16.8 Å². The minimum atomic E-state index is -0.394. The van der Waals surface area contributed by atoms with Gasteiger partial charge in [0.2, 0.25) is 0 Å². The molecule has 0 saturated carbocycles. The highest BCUT2D eigenvalue weighted by molar-refractivity contribution is 8.18. The summed E-state index contributed by atoms with van der Waals surface area (Å²) in [7, 11) is 0. The summed E-state index contributed by atoms with van der Waals surface area (Å²) in [6.45, 7) is 2.44. The molecule has 3 aromatic rings. The van der Waals surface area contributed by atoms with Crippen molar-refractivity contribution in [2.24, 2.45) is 4.99 Å². The highest BCUT2D eigenvalue weighted by atomic mass is 32.2. The van der Waals surface area contributed by atoms with Crippen molar-refractivity contribution < 1.29 is 14.3 Å². The average molecular weight is 402 g/mol. The molecule has 0 unspecified atom stereocenters. The second-order valence-corrected chi connectivity index (χ2v) is 7.32. The number of nitrogens with zero attached hydrogens (tertiary/aromatic N) is 1. The number of fused-ring (bicyclic) bond motifs is 1. The van der Waals surface area contributed by atoms with E-state index in [2.05, 4.69) is 10.3 Å². The van der Waals surface area contributed by atoms with E-state index in [1.807, 2.05) is 49.4 Å². The van der Waals surface area contributed by atoms with E-state index in [-0.39, 0.29) is 11.1 Å². The van der Waals surface area contributed by atoms with Crippen LogP contribution in [0.1, 0.15) is 22.8 Å². The number of hydrogen-bond donors (Lipinski definition) is 1. The van der Waals surface area contributed by atoms with Crippen LogP contribution < -0.4 is 10.1 Å². The molecular formula is C23H18N2O3S. The molecule has 0 aliphatic carbocycles. The van der Waals surface area contributed by atoms with Crippen molar-refractivity contribution in [2.75, 3.05) is 6.61 Å². The lowest BCUT2D eigenvalue weighted by Crippen LogP contribution is -2.20. The number of carbonyl (C=O) groups is 2. The highest BCUT2D eigenvalue weighted by Gasteiger charge is 2.25. The predicted molar refractivity (Wildman–Crippen MR) is 117 cm³/mol. The largest absolute Gasteiger partial charge is 0.493 e. The van der Waals surface area contributed by atoms with Gasteiger partial charge in [0.15, 0.2) is 5.17 Å². The molecule has 0 bridgehead atoms. The summed E-state index contributed by atoms with van der Waals surface area (Å²) < 4.78 is 5.77. The second-order valence-electron chi connectivity index (χ2n) is 6.28. The van der Waals surface area contributed by atoms with E-state index in [0.717, 1.165) is 28.1 Å². The van der Waals surface area contributed by atoms with Crippen LogP contribution in [0.5, 0.6) is 5.75 Å². The fraction of sp³-hybridized carbons (Fsp3) is 0.0870. The molecule has 0 atom stereocenters. The van der Waals surface area contributed by atoms with Crippen LogP contribution in [-0.4, -0.2) is 23.6 Å². The molecule has 3 aromatic carbocycles. The van der Waals surface area contributed by atoms with E-state index < -0.39 is 5.91 Å². The molecule has 29 heavy (non-hydrogen) atoms. The summed E-state index contributed by atoms with van der Waals surface area (Å²) in [5.41, 5.74) is 1.30. The Hall–Kier alpha value is -3.38. The van der Waals surface area contributed by atoms with Crippen LogP contribution in [0, 0.1) is 0 Å². The Labute approximate surface area is 172 Å². The lowest BCUT2D eigenvalue weighted by atomic mass is 10.0. The summed E-state index contributed by atoms with van der Waals surface area (Å²) in [5, 5.41) is 4.99. The van der Waals surface area contributed by atoms with Gasteiger partial charge in [-0.05, 0) is 53.7 Å². The summed E-state index contributed by atoms with van der Waals surface area (Å²) in [6, 6.07) is 20.6. The maximum Gasteiger partial charge on any atom is 0.279 e. The van der Waals surface area contributed by atoms with Crippen molar-refractivity contribution in [1.82, 2.24) is 5.32 Å². The third-order valence-corrected chi connectivity index (χ3v) is 5.29. The number of hydrogen-bond acceptors (Lipinski definition) is 4. The van der Waals surface area contributed by atoms with Gasteiger partial charge in [0.05, 0.1) is 11.5 Å². The van der Waals surface area contributed by atoms with Gasteiger partial charge < -0.3 is 10.1 Å². The first-order valence-electron chi connectivity index (χ1n) is 9.19. The van der Waals surface area contributed by atoms with Gasteiger partial charge in [0.25, 0.3) is 11.8 Å². The lowest BCUT2D eigenvalue weighted by Gasteiger charge is -2.11. The number of amides is 2. The van der Waals surface area contributed by atoms with Crippen molar-refractivity contribution in [3.8, 4) is 5.75 Å². The van der Waals surface area contributed by atoms with Gasteiger partial charge in [-0.15, -0.1) is 0 Å². The summed E-state index contributed by atoms with van der Waals surface area (Å²) in [4.78, 5) is 29.3. The van der Waals surface area contributed by atoms with E-state index in [1.54, 1.807) is 30.3 Å². The Kier molecular flexibility index (Phi) is 5.44. The van der Waals surface area contributed by atoms with E-state index in [9.17, 15) is 9.59 Å². The fourth-order valence-corrected chi connectivity index (χ4v) is 3.86. The lowest BCUT2D eigenvalue weighted by molar-refractivity contribution is -0.115. The summed E-state index contributed by atoms with van der Waals surface area (Å²) in [5.74, 6) is 0.0256. The van der Waals surface area contributed by atoms with Crippen molar-refractivity contribution in [3.05, 3.63) is 82.8 Å². The Morgan fingerprint density at radius 3 is 2.62 bits per heavy atom. The van der Waals surface area contributed by atoms with E-state index in [1.165, 1.54) is 0 Å². The Morgan fingerprint density at radius 2 is 1.83 bits per heavy atom. The van der Waals surface area contributed by atoms with Crippen LogP contribution in [0.4, 0.5) is 0 Å². The molecule has 1 heterocycles. The van der Waals surface area contributed by atoms with Crippen LogP contribution in [0.3, 0.4) is 0 Å². The molecule has 1 saturated heterocycles. The first-order chi connectivity index (χ1) is 14.2. The maximum atomic E-state index is 12.5. The Bertz CT molecular complexity index is 1150. The number of ether oxygens (including phenoxy) is 1. The van der Waals surface area contributed by atoms with Crippen molar-refractivity contribution in [1.29, 1.82) is 0 Å². The third kappa shape index (κ3) is 4.07. The number of thioether (sulfide) groups is 1. The molecule has 0 radical (unpaired) electrons. The summed E-state index contributed by atoms with van der Waals surface area (Å²) >= 11 is 1.15. The Morgan fingerprint density at radius 1 is 1.07 bits per heavy atom. The third-order valence-electron chi connectivity index (χ3n) is 4.38. The molecule has 1 aliphatic rings. The molecule has 0 spiro atoms. The molecule has 0 aromatic heterocycles. The average Bonchev–Trinajstić information content (AvgIpc) is 3.09. The van der Waals surface area contributed by atoms with Gasteiger partial charge >= 0.3 is 0 Å². The first kappa shape index (κ1) is 19.0. The molecule has 2 amide bonds. The zero-order chi connectivity index (χ0) is 20.2. The second kappa shape index (κ2) is 8.32. The topological polar surface area (TPSA) is 67.8 Å². The van der Waals surface area contributed by atoms with Crippen LogP contribution in [-0.2, 0) is 4.79 Å². The summed E-state index contributed by atoms with van der Waals surface area (Å²) in [6.07, 6.45) is 1.79. The minimum absolute atomic E-state index is 0.272. The molecular weight excluding hydrogens is 384 g/mol. The normalized spacial score (nSPS) is 16.4. The fourth-order valence-electron chi connectivity index (χ4n) is 3.05. The molecule has 144 valence electrons. The smallest absolute Gasteiger partial charge is 0.279 e. The molecule has 1 fully saturated rings. The Balaban J connectivity index is 1.69. The van der Waals surface area contributed by atoms with Crippen molar-refractivity contribution >= 4 is 45.6 Å². The van der Waals surface area contributed by atoms with Gasteiger partial charge in [-0.25, -0.2) is 0 Å². The predicted octanol–water partition coefficient (Wildman–Crippen LogP) is 4.64. The van der Waals surface area contributed by atoms with Gasteiger partial charge in [-0.2, -0.15) is 4.99 Å². The molecule has 1 N–H and O–H groups in total. The van der Waals surface area contributed by atoms with Gasteiger partial charge in [0.1, 0.15) is 5.75 Å². The monoisotopic (exact) mass is 402 g/mol. The maximum absolute atomic E-state index is 12.5. The van der Waals surface area contributed by atoms with Crippen LogP contribution in [0.2, 0.25) is 0 Å². The number of benzene rings is 3. The number of amidine groups is 1. The zero-order valence-electron chi connectivity index (χ0n) is 15.7. The van der Waals surface area contributed by atoms with Gasteiger partial charge in [-0.3, -0.25) is 9.59 Å². The number of rotatable bonds is 4. The molecule has 6 heteroatoms. The minimum Gasteiger partial charge on any atom is -0.493 e. The first-order valence-corrected chi connectivity index (χ1v) is 10.0. The van der Waals surface area contributed by atoms with E-state index in [4.69, 9.17) is 4.74 Å². The van der Waals surface area contributed by atoms with Crippen molar-refractivity contribution in [3.63, 3.8) is 0 Å². The molecule has 5 nitrogen and oxygen atoms in total. The number of nitrogens with one attached hydrogen (secondary N) is 1. The quantitative estimate of drug-likeness (QED) is 0.646.